The molecule has 0 aliphatic rings. The first-order valence-electron chi connectivity index (χ1n) is 6.80. The number of nitrogens with zero attached hydrogens (tertiary/aromatic N) is 3. The summed E-state index contributed by atoms with van der Waals surface area (Å²) >= 11 is 3.23. The first-order valence-corrected chi connectivity index (χ1v) is 8.56. The molecule has 0 spiro atoms. The predicted molar refractivity (Wildman–Crippen MR) is 92.0 cm³/mol. The zero-order chi connectivity index (χ0) is 15.7. The van der Waals surface area contributed by atoms with Gasteiger partial charge in [0.25, 0.3) is 5.91 Å². The Morgan fingerprint density at radius 2 is 2.14 bits per heavy atom. The molecule has 0 atom stereocenters. The maximum Gasteiger partial charge on any atom is 0.289 e. The van der Waals surface area contributed by atoms with Crippen LogP contribution in [0.5, 0.6) is 0 Å². The summed E-state index contributed by atoms with van der Waals surface area (Å²) in [5, 5.41) is 7.84. The van der Waals surface area contributed by atoms with Crippen molar-refractivity contribution < 1.29 is 4.79 Å². The fourth-order valence-electron chi connectivity index (χ4n) is 2.18. The topological polar surface area (TPSA) is 58.1 Å². The van der Waals surface area contributed by atoms with Gasteiger partial charge in [-0.1, -0.05) is 6.07 Å². The van der Waals surface area contributed by atoms with Crippen LogP contribution in [0.15, 0.2) is 22.9 Å². The lowest BCUT2D eigenvalue weighted by atomic mass is 10.2. The second-order valence-electron chi connectivity index (χ2n) is 5.08. The maximum atomic E-state index is 12.3. The first-order chi connectivity index (χ1) is 10.6. The number of hydrogen-bond donors (Lipinski definition) is 1. The van der Waals surface area contributed by atoms with Crippen LogP contribution in [-0.2, 0) is 6.54 Å². The van der Waals surface area contributed by atoms with E-state index in [4.69, 9.17) is 0 Å². The first kappa shape index (κ1) is 14.9. The fourth-order valence-corrected chi connectivity index (χ4v) is 3.59. The van der Waals surface area contributed by atoms with Crippen molar-refractivity contribution in [3.05, 3.63) is 38.5 Å². The third-order valence-electron chi connectivity index (χ3n) is 3.25. The van der Waals surface area contributed by atoms with Crippen molar-refractivity contribution >= 4 is 45.3 Å². The van der Waals surface area contributed by atoms with E-state index in [1.54, 1.807) is 22.7 Å². The van der Waals surface area contributed by atoms with Gasteiger partial charge in [0.15, 0.2) is 0 Å². The van der Waals surface area contributed by atoms with Gasteiger partial charge in [-0.2, -0.15) is 0 Å². The Labute approximate surface area is 136 Å². The van der Waals surface area contributed by atoms with E-state index in [0.717, 1.165) is 26.5 Å². The molecule has 114 valence electrons. The fraction of sp³-hybridized carbons (Fsp3) is 0.267. The molecule has 0 unspecified atom stereocenters. The highest BCUT2D eigenvalue weighted by molar-refractivity contribution is 7.11. The molecule has 3 aromatic heterocycles. The zero-order valence-electron chi connectivity index (χ0n) is 12.6. The molecular weight excluding hydrogens is 316 g/mol. The van der Waals surface area contributed by atoms with Crippen molar-refractivity contribution in [2.75, 3.05) is 19.0 Å². The van der Waals surface area contributed by atoms with Crippen molar-refractivity contribution in [1.82, 2.24) is 15.3 Å². The smallest absolute Gasteiger partial charge is 0.289 e. The summed E-state index contributed by atoms with van der Waals surface area (Å²) in [6, 6.07) is 3.95. The molecule has 7 heteroatoms. The number of fused-ring (bicyclic) bond motifs is 1. The van der Waals surface area contributed by atoms with Gasteiger partial charge in [-0.3, -0.25) is 4.79 Å². The van der Waals surface area contributed by atoms with Gasteiger partial charge < -0.3 is 10.2 Å². The maximum absolute atomic E-state index is 12.3. The highest BCUT2D eigenvalue weighted by Crippen LogP contribution is 2.30. The normalized spacial score (nSPS) is 10.9. The predicted octanol–water partition coefficient (Wildman–Crippen LogP) is 3.06. The van der Waals surface area contributed by atoms with Crippen LogP contribution in [0, 0.1) is 6.92 Å². The number of carbonyl (C=O) groups is 1. The Morgan fingerprint density at radius 1 is 1.32 bits per heavy atom. The Morgan fingerprint density at radius 3 is 2.82 bits per heavy atom. The van der Waals surface area contributed by atoms with Crippen molar-refractivity contribution in [1.29, 1.82) is 0 Å². The molecule has 5 nitrogen and oxygen atoms in total. The van der Waals surface area contributed by atoms with Crippen LogP contribution in [-0.4, -0.2) is 30.0 Å². The van der Waals surface area contributed by atoms with Gasteiger partial charge in [0.1, 0.15) is 5.82 Å². The lowest BCUT2D eigenvalue weighted by Crippen LogP contribution is -2.25. The molecule has 0 saturated heterocycles. The molecule has 0 aliphatic heterocycles. The molecular formula is C15H16N4OS2. The average molecular weight is 332 g/mol. The molecule has 0 bridgehead atoms. The van der Waals surface area contributed by atoms with E-state index < -0.39 is 0 Å². The molecule has 1 amide bonds. The number of aromatic nitrogens is 2. The van der Waals surface area contributed by atoms with E-state index in [0.29, 0.717) is 6.54 Å². The molecule has 0 radical (unpaired) electrons. The Balaban J connectivity index is 1.91. The molecule has 0 aromatic carbocycles. The highest BCUT2D eigenvalue weighted by atomic mass is 32.1. The Bertz CT molecular complexity index is 808. The highest BCUT2D eigenvalue weighted by Gasteiger charge is 2.17. The van der Waals surface area contributed by atoms with Crippen LogP contribution in [0.3, 0.4) is 0 Å². The largest absolute Gasteiger partial charge is 0.362 e. The van der Waals surface area contributed by atoms with E-state index in [-0.39, 0.29) is 11.7 Å². The summed E-state index contributed by atoms with van der Waals surface area (Å²) in [6.07, 6.45) is 0. The molecule has 3 aromatic rings. The second-order valence-corrected chi connectivity index (χ2v) is 7.20. The monoisotopic (exact) mass is 332 g/mol. The van der Waals surface area contributed by atoms with Gasteiger partial charge >= 0.3 is 0 Å². The average Bonchev–Trinajstić information content (AvgIpc) is 3.14. The number of aryl methyl sites for hydroxylation is 1. The quantitative estimate of drug-likeness (QED) is 0.798. The van der Waals surface area contributed by atoms with E-state index >= 15 is 0 Å². The van der Waals surface area contributed by atoms with Crippen molar-refractivity contribution in [3.63, 3.8) is 0 Å². The molecule has 3 rings (SSSR count). The summed E-state index contributed by atoms with van der Waals surface area (Å²) in [5.41, 5.74) is 0.822. The number of amides is 1. The summed E-state index contributed by atoms with van der Waals surface area (Å²) < 4.78 is 0. The summed E-state index contributed by atoms with van der Waals surface area (Å²) in [7, 11) is 3.85. The van der Waals surface area contributed by atoms with E-state index in [9.17, 15) is 4.79 Å². The standard InChI is InChI=1S/C15H16N4OS2/c1-9-12-11(8-22-9)17-13(18-14(12)19(2)3)15(20)16-7-10-5-4-6-21-10/h4-6,8H,7H2,1-3H3,(H,16,20). The van der Waals surface area contributed by atoms with Crippen molar-refractivity contribution in [2.24, 2.45) is 0 Å². The Hall–Kier alpha value is -1.99. The van der Waals surface area contributed by atoms with Crippen molar-refractivity contribution in [3.8, 4) is 0 Å². The molecule has 0 fully saturated rings. The minimum absolute atomic E-state index is 0.213. The molecule has 22 heavy (non-hydrogen) atoms. The van der Waals surface area contributed by atoms with E-state index in [1.807, 2.05) is 48.8 Å². The lowest BCUT2D eigenvalue weighted by Gasteiger charge is -2.14. The van der Waals surface area contributed by atoms with Crippen LogP contribution in [0.25, 0.3) is 10.9 Å². The van der Waals surface area contributed by atoms with Crippen molar-refractivity contribution in [2.45, 2.75) is 13.5 Å². The second kappa shape index (κ2) is 6.02. The molecule has 1 N–H and O–H groups in total. The van der Waals surface area contributed by atoms with E-state index in [1.165, 1.54) is 0 Å². The van der Waals surface area contributed by atoms with E-state index in [2.05, 4.69) is 15.3 Å². The SMILES string of the molecule is Cc1scc2nc(C(=O)NCc3cccs3)nc(N(C)C)c12. The number of carbonyl (C=O) groups excluding carboxylic acids is 1. The number of hydrogen-bond acceptors (Lipinski definition) is 6. The Kier molecular flexibility index (Phi) is 4.08. The number of rotatable bonds is 4. The van der Waals surface area contributed by atoms with Crippen LogP contribution in [0.2, 0.25) is 0 Å². The number of thiophene rings is 2. The van der Waals surface area contributed by atoms with Crippen LogP contribution < -0.4 is 10.2 Å². The van der Waals surface area contributed by atoms with Crippen LogP contribution in [0.4, 0.5) is 5.82 Å². The summed E-state index contributed by atoms with van der Waals surface area (Å²) in [5.74, 6) is 0.748. The minimum Gasteiger partial charge on any atom is -0.362 e. The van der Waals surface area contributed by atoms with Gasteiger partial charge in [0.2, 0.25) is 5.82 Å². The summed E-state index contributed by atoms with van der Waals surface area (Å²) in [4.78, 5) is 25.3. The molecule has 0 aliphatic carbocycles. The number of anilines is 1. The van der Waals surface area contributed by atoms with Gasteiger partial charge in [-0.15, -0.1) is 22.7 Å². The van der Waals surface area contributed by atoms with Gasteiger partial charge in [0.05, 0.1) is 17.4 Å². The third kappa shape index (κ3) is 2.82. The number of nitrogens with one attached hydrogen (secondary N) is 1. The minimum atomic E-state index is -0.248. The molecule has 0 saturated carbocycles. The van der Waals surface area contributed by atoms with Gasteiger partial charge in [-0.25, -0.2) is 9.97 Å². The summed E-state index contributed by atoms with van der Waals surface area (Å²) in [6.45, 7) is 2.54. The third-order valence-corrected chi connectivity index (χ3v) is 5.02. The lowest BCUT2D eigenvalue weighted by molar-refractivity contribution is 0.0941. The van der Waals surface area contributed by atoms with Gasteiger partial charge in [-0.05, 0) is 18.4 Å². The molecule has 3 heterocycles. The zero-order valence-corrected chi connectivity index (χ0v) is 14.2. The van der Waals surface area contributed by atoms with Gasteiger partial charge in [0, 0.05) is 29.2 Å². The van der Waals surface area contributed by atoms with Crippen LogP contribution in [0.1, 0.15) is 20.4 Å². The van der Waals surface area contributed by atoms with Crippen LogP contribution >= 0.6 is 22.7 Å².